The molecule has 0 atom stereocenters. The molecule has 1 heterocycles. The fraction of sp³-hybridized carbons (Fsp3) is 0.120. The second-order valence-corrected chi connectivity index (χ2v) is 10.9. The number of anilines is 1. The Morgan fingerprint density at radius 1 is 1.08 bits per heavy atom. The van der Waals surface area contributed by atoms with Crippen LogP contribution in [-0.4, -0.2) is 21.8 Å². The van der Waals surface area contributed by atoms with E-state index in [1.165, 1.54) is 28.8 Å². The molecule has 184 valence electrons. The van der Waals surface area contributed by atoms with Crippen molar-refractivity contribution in [2.24, 2.45) is 0 Å². The number of amides is 1. The third kappa shape index (κ3) is 5.97. The lowest BCUT2D eigenvalue weighted by molar-refractivity contribution is -0.384. The molecular formula is C25H18Br2N2O5S2. The number of carbonyl (C=O) groups excluding carboxylic acids is 1. The van der Waals surface area contributed by atoms with Crippen molar-refractivity contribution in [1.82, 2.24) is 0 Å². The maximum Gasteiger partial charge on any atom is 0.270 e. The molecule has 0 spiro atoms. The summed E-state index contributed by atoms with van der Waals surface area (Å²) in [5, 5.41) is 10.9. The standard InChI is InChI=1S/C25H18Br2N2O5S2/c1-2-33-21-12-16(11-20(27)23(21)34-14-15-3-7-19(8-4-15)29(31)32)13-22-24(30)28(25(35)36-22)18-9-5-17(26)6-10-18/h3-13H,2,14H2,1H3/b22-13+. The van der Waals surface area contributed by atoms with Gasteiger partial charge in [0, 0.05) is 16.6 Å². The Balaban J connectivity index is 1.57. The average molecular weight is 650 g/mol. The Kier molecular flexibility index (Phi) is 8.45. The van der Waals surface area contributed by atoms with E-state index in [1.807, 2.05) is 37.3 Å². The number of hydrogen-bond donors (Lipinski definition) is 0. The van der Waals surface area contributed by atoms with Crippen molar-refractivity contribution in [1.29, 1.82) is 0 Å². The van der Waals surface area contributed by atoms with Crippen LogP contribution < -0.4 is 14.4 Å². The number of ether oxygens (including phenoxy) is 2. The van der Waals surface area contributed by atoms with E-state index in [2.05, 4.69) is 31.9 Å². The number of thiocarbonyl (C=S) groups is 1. The molecule has 1 aliphatic rings. The van der Waals surface area contributed by atoms with Crippen molar-refractivity contribution in [3.05, 3.63) is 95.8 Å². The quantitative estimate of drug-likeness (QED) is 0.108. The number of non-ortho nitro benzene ring substituents is 1. The first-order chi connectivity index (χ1) is 17.3. The number of thioether (sulfide) groups is 1. The number of nitro benzene ring substituents is 1. The first-order valence-electron chi connectivity index (χ1n) is 10.6. The first-order valence-corrected chi connectivity index (χ1v) is 13.4. The Labute approximate surface area is 233 Å². The number of rotatable bonds is 8. The van der Waals surface area contributed by atoms with Crippen molar-refractivity contribution < 1.29 is 19.2 Å². The third-order valence-electron chi connectivity index (χ3n) is 5.04. The lowest BCUT2D eigenvalue weighted by Crippen LogP contribution is -2.27. The van der Waals surface area contributed by atoms with Crippen LogP contribution in [0.25, 0.3) is 6.08 Å². The smallest absolute Gasteiger partial charge is 0.270 e. The number of halogens is 2. The third-order valence-corrected chi connectivity index (χ3v) is 7.46. The number of benzene rings is 3. The fourth-order valence-corrected chi connectivity index (χ4v) is 5.51. The predicted octanol–water partition coefficient (Wildman–Crippen LogP) is 7.50. The molecule has 7 nitrogen and oxygen atoms in total. The zero-order chi connectivity index (χ0) is 25.8. The summed E-state index contributed by atoms with van der Waals surface area (Å²) in [5.74, 6) is 0.804. The molecule has 0 saturated carbocycles. The molecule has 3 aromatic carbocycles. The lowest BCUT2D eigenvalue weighted by Gasteiger charge is -2.15. The molecule has 0 radical (unpaired) electrons. The minimum Gasteiger partial charge on any atom is -0.490 e. The van der Waals surface area contributed by atoms with Crippen molar-refractivity contribution in [2.75, 3.05) is 11.5 Å². The zero-order valence-corrected chi connectivity index (χ0v) is 23.6. The summed E-state index contributed by atoms with van der Waals surface area (Å²) in [6, 6.07) is 17.2. The molecule has 36 heavy (non-hydrogen) atoms. The van der Waals surface area contributed by atoms with Crippen LogP contribution in [0.2, 0.25) is 0 Å². The molecule has 3 aromatic rings. The molecule has 1 saturated heterocycles. The van der Waals surface area contributed by atoms with Gasteiger partial charge in [0.15, 0.2) is 15.8 Å². The van der Waals surface area contributed by atoms with Gasteiger partial charge in [0.1, 0.15) is 6.61 Å². The summed E-state index contributed by atoms with van der Waals surface area (Å²) in [7, 11) is 0. The summed E-state index contributed by atoms with van der Waals surface area (Å²) in [6.45, 7) is 2.47. The van der Waals surface area contributed by atoms with Gasteiger partial charge < -0.3 is 9.47 Å². The van der Waals surface area contributed by atoms with E-state index < -0.39 is 4.92 Å². The maximum absolute atomic E-state index is 13.1. The second kappa shape index (κ2) is 11.5. The highest BCUT2D eigenvalue weighted by atomic mass is 79.9. The average Bonchev–Trinajstić information content (AvgIpc) is 3.12. The van der Waals surface area contributed by atoms with Gasteiger partial charge in [0.2, 0.25) is 0 Å². The minimum atomic E-state index is -0.445. The van der Waals surface area contributed by atoms with Gasteiger partial charge in [-0.2, -0.15) is 0 Å². The van der Waals surface area contributed by atoms with Gasteiger partial charge in [-0.05, 0) is 88.6 Å². The number of hydrogen-bond acceptors (Lipinski definition) is 7. The first kappa shape index (κ1) is 26.3. The molecular weight excluding hydrogens is 632 g/mol. The Morgan fingerprint density at radius 2 is 1.78 bits per heavy atom. The zero-order valence-electron chi connectivity index (χ0n) is 18.8. The van der Waals surface area contributed by atoms with E-state index in [4.69, 9.17) is 21.7 Å². The molecule has 1 fully saturated rings. The van der Waals surface area contributed by atoms with E-state index in [-0.39, 0.29) is 18.2 Å². The number of carbonyl (C=O) groups is 1. The van der Waals surface area contributed by atoms with Crippen molar-refractivity contribution in [2.45, 2.75) is 13.5 Å². The Hall–Kier alpha value is -2.73. The lowest BCUT2D eigenvalue weighted by atomic mass is 10.1. The van der Waals surface area contributed by atoms with E-state index in [1.54, 1.807) is 24.3 Å². The molecule has 0 aliphatic carbocycles. The van der Waals surface area contributed by atoms with Gasteiger partial charge in [-0.15, -0.1) is 0 Å². The highest BCUT2D eigenvalue weighted by Gasteiger charge is 2.33. The van der Waals surface area contributed by atoms with Gasteiger partial charge in [-0.25, -0.2) is 0 Å². The van der Waals surface area contributed by atoms with Crippen LogP contribution in [-0.2, 0) is 11.4 Å². The van der Waals surface area contributed by atoms with Crippen LogP contribution in [0.5, 0.6) is 11.5 Å². The van der Waals surface area contributed by atoms with Crippen LogP contribution in [0.4, 0.5) is 11.4 Å². The van der Waals surface area contributed by atoms with Gasteiger partial charge in [-0.3, -0.25) is 19.8 Å². The Morgan fingerprint density at radius 3 is 2.42 bits per heavy atom. The van der Waals surface area contributed by atoms with E-state index in [0.717, 1.165) is 15.6 Å². The molecule has 1 amide bonds. The molecule has 0 aromatic heterocycles. The molecule has 4 rings (SSSR count). The van der Waals surface area contributed by atoms with E-state index in [9.17, 15) is 14.9 Å². The SMILES string of the molecule is CCOc1cc(/C=C2/SC(=S)N(c3ccc(Br)cc3)C2=O)cc(Br)c1OCc1ccc([N+](=O)[O-])cc1. The highest BCUT2D eigenvalue weighted by molar-refractivity contribution is 9.10. The van der Waals surface area contributed by atoms with Gasteiger partial charge in [-0.1, -0.05) is 39.9 Å². The van der Waals surface area contributed by atoms with Crippen LogP contribution in [0.3, 0.4) is 0 Å². The summed E-state index contributed by atoms with van der Waals surface area (Å²) in [6.07, 6.45) is 1.77. The maximum atomic E-state index is 13.1. The summed E-state index contributed by atoms with van der Waals surface area (Å²) >= 11 is 13.7. The monoisotopic (exact) mass is 648 g/mol. The second-order valence-electron chi connectivity index (χ2n) is 7.47. The van der Waals surface area contributed by atoms with Gasteiger partial charge >= 0.3 is 0 Å². The van der Waals surface area contributed by atoms with Crippen LogP contribution in [0.1, 0.15) is 18.1 Å². The summed E-state index contributed by atoms with van der Waals surface area (Å²) in [4.78, 5) is 25.5. The van der Waals surface area contributed by atoms with Crippen molar-refractivity contribution >= 4 is 83.5 Å². The fourth-order valence-electron chi connectivity index (χ4n) is 3.38. The van der Waals surface area contributed by atoms with Crippen LogP contribution in [0.15, 0.2) is 74.5 Å². The topological polar surface area (TPSA) is 81.9 Å². The largest absolute Gasteiger partial charge is 0.490 e. The number of nitrogens with zero attached hydrogens (tertiary/aromatic N) is 2. The van der Waals surface area contributed by atoms with Crippen molar-refractivity contribution in [3.63, 3.8) is 0 Å². The van der Waals surface area contributed by atoms with Gasteiger partial charge in [0.05, 0.1) is 26.6 Å². The summed E-state index contributed by atoms with van der Waals surface area (Å²) in [5.41, 5.74) is 2.24. The Bertz CT molecular complexity index is 1360. The number of nitro groups is 1. The molecule has 1 aliphatic heterocycles. The van der Waals surface area contributed by atoms with E-state index in [0.29, 0.717) is 37.5 Å². The predicted molar refractivity (Wildman–Crippen MR) is 153 cm³/mol. The molecule has 0 unspecified atom stereocenters. The van der Waals surface area contributed by atoms with Gasteiger partial charge in [0.25, 0.3) is 11.6 Å². The van der Waals surface area contributed by atoms with Crippen LogP contribution in [0, 0.1) is 10.1 Å². The van der Waals surface area contributed by atoms with Crippen LogP contribution >= 0.6 is 55.8 Å². The molecule has 0 bridgehead atoms. The molecule has 11 heteroatoms. The highest BCUT2D eigenvalue weighted by Crippen LogP contribution is 2.40. The summed E-state index contributed by atoms with van der Waals surface area (Å²) < 4.78 is 13.8. The minimum absolute atomic E-state index is 0.0184. The normalized spacial score (nSPS) is 14.4. The van der Waals surface area contributed by atoms with E-state index >= 15 is 0 Å². The molecule has 0 N–H and O–H groups in total. The van der Waals surface area contributed by atoms with Crippen molar-refractivity contribution in [3.8, 4) is 11.5 Å².